The standard InChI is InChI=1S/C11H11F2NO/c12-9-2-1-3-10(13)8(9)6-11(15)14-7-4-5-7/h1-3,7H,4-6H2,(H,14,15). The second-order valence-electron chi connectivity index (χ2n) is 3.72. The summed E-state index contributed by atoms with van der Waals surface area (Å²) in [6.45, 7) is 0. The summed E-state index contributed by atoms with van der Waals surface area (Å²) in [5.41, 5.74) is -0.157. The molecular weight excluding hydrogens is 200 g/mol. The third-order valence-corrected chi connectivity index (χ3v) is 2.34. The molecular formula is C11H11F2NO. The maximum atomic E-state index is 13.1. The summed E-state index contributed by atoms with van der Waals surface area (Å²) in [4.78, 5) is 11.3. The quantitative estimate of drug-likeness (QED) is 0.811. The van der Waals surface area contributed by atoms with Gasteiger partial charge in [0.25, 0.3) is 0 Å². The molecule has 1 aromatic rings. The van der Waals surface area contributed by atoms with Gasteiger partial charge in [-0.25, -0.2) is 8.78 Å². The Morgan fingerprint density at radius 3 is 2.47 bits per heavy atom. The predicted molar refractivity (Wildman–Crippen MR) is 51.2 cm³/mol. The van der Waals surface area contributed by atoms with Crippen molar-refractivity contribution < 1.29 is 13.6 Å². The summed E-state index contributed by atoms with van der Waals surface area (Å²) < 4.78 is 26.3. The molecule has 0 saturated heterocycles. The normalized spacial score (nSPS) is 15.1. The van der Waals surface area contributed by atoms with E-state index in [1.807, 2.05) is 0 Å². The van der Waals surface area contributed by atoms with E-state index in [1.54, 1.807) is 0 Å². The third-order valence-electron chi connectivity index (χ3n) is 2.34. The molecule has 0 spiro atoms. The average Bonchev–Trinajstić information content (AvgIpc) is 2.95. The van der Waals surface area contributed by atoms with Crippen LogP contribution >= 0.6 is 0 Å². The molecule has 1 aliphatic carbocycles. The van der Waals surface area contributed by atoms with E-state index in [4.69, 9.17) is 0 Å². The number of carbonyl (C=O) groups excluding carboxylic acids is 1. The van der Waals surface area contributed by atoms with Gasteiger partial charge in [-0.3, -0.25) is 4.79 Å². The number of rotatable bonds is 3. The molecule has 0 radical (unpaired) electrons. The van der Waals surface area contributed by atoms with Gasteiger partial charge in [-0.05, 0) is 25.0 Å². The lowest BCUT2D eigenvalue weighted by atomic mass is 10.1. The molecule has 80 valence electrons. The van der Waals surface area contributed by atoms with Gasteiger partial charge < -0.3 is 5.32 Å². The van der Waals surface area contributed by atoms with Crippen LogP contribution in [-0.4, -0.2) is 11.9 Å². The largest absolute Gasteiger partial charge is 0.353 e. The topological polar surface area (TPSA) is 29.1 Å². The van der Waals surface area contributed by atoms with Crippen LogP contribution in [0.25, 0.3) is 0 Å². The monoisotopic (exact) mass is 211 g/mol. The lowest BCUT2D eigenvalue weighted by Crippen LogP contribution is -2.27. The molecule has 0 aliphatic heterocycles. The Hall–Kier alpha value is -1.45. The third kappa shape index (κ3) is 2.52. The fourth-order valence-electron chi connectivity index (χ4n) is 1.37. The minimum atomic E-state index is -0.666. The van der Waals surface area contributed by atoms with Crippen LogP contribution in [0.2, 0.25) is 0 Å². The first-order valence-corrected chi connectivity index (χ1v) is 4.89. The first kappa shape index (κ1) is 10.1. The van der Waals surface area contributed by atoms with Gasteiger partial charge >= 0.3 is 0 Å². The highest BCUT2D eigenvalue weighted by molar-refractivity contribution is 5.79. The first-order chi connectivity index (χ1) is 7.16. The minimum Gasteiger partial charge on any atom is -0.353 e. The van der Waals surface area contributed by atoms with Crippen LogP contribution in [0.1, 0.15) is 18.4 Å². The number of benzene rings is 1. The van der Waals surface area contributed by atoms with E-state index in [9.17, 15) is 13.6 Å². The molecule has 2 rings (SSSR count). The number of hydrogen-bond donors (Lipinski definition) is 1. The van der Waals surface area contributed by atoms with Crippen LogP contribution in [0.3, 0.4) is 0 Å². The highest BCUT2D eigenvalue weighted by atomic mass is 19.1. The van der Waals surface area contributed by atoms with Gasteiger partial charge in [0, 0.05) is 11.6 Å². The van der Waals surface area contributed by atoms with Crippen molar-refractivity contribution in [3.8, 4) is 0 Å². The summed E-state index contributed by atoms with van der Waals surface area (Å²) >= 11 is 0. The summed E-state index contributed by atoms with van der Waals surface area (Å²) in [7, 11) is 0. The summed E-state index contributed by atoms with van der Waals surface area (Å²) in [6.07, 6.45) is 1.70. The SMILES string of the molecule is O=C(Cc1c(F)cccc1F)NC1CC1. The molecule has 15 heavy (non-hydrogen) atoms. The van der Waals surface area contributed by atoms with Crippen LogP contribution in [0.5, 0.6) is 0 Å². The van der Waals surface area contributed by atoms with Gasteiger partial charge in [-0.1, -0.05) is 6.07 Å². The summed E-state index contributed by atoms with van der Waals surface area (Å²) in [5.74, 6) is -1.65. The van der Waals surface area contributed by atoms with E-state index < -0.39 is 11.6 Å². The Balaban J connectivity index is 2.05. The highest BCUT2D eigenvalue weighted by Gasteiger charge is 2.24. The van der Waals surface area contributed by atoms with Crippen LogP contribution in [0.4, 0.5) is 8.78 Å². The van der Waals surface area contributed by atoms with Crippen molar-refractivity contribution in [2.75, 3.05) is 0 Å². The fourth-order valence-corrected chi connectivity index (χ4v) is 1.37. The van der Waals surface area contributed by atoms with E-state index in [0.717, 1.165) is 25.0 Å². The smallest absolute Gasteiger partial charge is 0.224 e. The van der Waals surface area contributed by atoms with Crippen molar-refractivity contribution >= 4 is 5.91 Å². The predicted octanol–water partition coefficient (Wildman–Crippen LogP) is 1.79. The van der Waals surface area contributed by atoms with Crippen LogP contribution < -0.4 is 5.32 Å². The molecule has 1 amide bonds. The highest BCUT2D eigenvalue weighted by Crippen LogP contribution is 2.19. The maximum Gasteiger partial charge on any atom is 0.224 e. The average molecular weight is 211 g/mol. The van der Waals surface area contributed by atoms with Crippen LogP contribution in [0, 0.1) is 11.6 Å². The van der Waals surface area contributed by atoms with Crippen LogP contribution in [-0.2, 0) is 11.2 Å². The van der Waals surface area contributed by atoms with Gasteiger partial charge in [0.1, 0.15) is 11.6 Å². The van der Waals surface area contributed by atoms with Crippen molar-refractivity contribution in [2.24, 2.45) is 0 Å². The van der Waals surface area contributed by atoms with E-state index in [2.05, 4.69) is 5.32 Å². The molecule has 1 aromatic carbocycles. The molecule has 1 aliphatic rings. The van der Waals surface area contributed by atoms with E-state index >= 15 is 0 Å². The Bertz CT molecular complexity index is 368. The molecule has 1 N–H and O–H groups in total. The number of amides is 1. The fraction of sp³-hybridized carbons (Fsp3) is 0.364. The maximum absolute atomic E-state index is 13.1. The second kappa shape index (κ2) is 3.96. The van der Waals surface area contributed by atoms with Crippen molar-refractivity contribution in [3.63, 3.8) is 0 Å². The van der Waals surface area contributed by atoms with Crippen molar-refractivity contribution in [3.05, 3.63) is 35.4 Å². The second-order valence-corrected chi connectivity index (χ2v) is 3.72. The zero-order chi connectivity index (χ0) is 10.8. The molecule has 0 atom stereocenters. The van der Waals surface area contributed by atoms with E-state index in [0.29, 0.717) is 0 Å². The summed E-state index contributed by atoms with van der Waals surface area (Å²) in [5, 5.41) is 2.68. The lowest BCUT2D eigenvalue weighted by Gasteiger charge is -2.05. The van der Waals surface area contributed by atoms with Crippen LogP contribution in [0.15, 0.2) is 18.2 Å². The van der Waals surface area contributed by atoms with Gasteiger partial charge in [-0.2, -0.15) is 0 Å². The van der Waals surface area contributed by atoms with Gasteiger partial charge in [0.05, 0.1) is 6.42 Å². The lowest BCUT2D eigenvalue weighted by molar-refractivity contribution is -0.120. The zero-order valence-corrected chi connectivity index (χ0v) is 8.09. The molecule has 0 unspecified atom stereocenters. The van der Waals surface area contributed by atoms with Gasteiger partial charge in [0.15, 0.2) is 0 Å². The zero-order valence-electron chi connectivity index (χ0n) is 8.09. The number of carbonyl (C=O) groups is 1. The Morgan fingerprint density at radius 1 is 1.33 bits per heavy atom. The Kier molecular flexibility index (Phi) is 2.66. The Morgan fingerprint density at radius 2 is 1.93 bits per heavy atom. The van der Waals surface area contributed by atoms with Gasteiger partial charge in [-0.15, -0.1) is 0 Å². The molecule has 4 heteroatoms. The number of hydrogen-bond acceptors (Lipinski definition) is 1. The van der Waals surface area contributed by atoms with E-state index in [1.165, 1.54) is 6.07 Å². The van der Waals surface area contributed by atoms with Crippen molar-refractivity contribution in [1.82, 2.24) is 5.32 Å². The first-order valence-electron chi connectivity index (χ1n) is 4.89. The number of nitrogens with one attached hydrogen (secondary N) is 1. The van der Waals surface area contributed by atoms with E-state index in [-0.39, 0.29) is 23.9 Å². The molecule has 0 bridgehead atoms. The molecule has 1 fully saturated rings. The number of halogens is 2. The molecule has 0 heterocycles. The molecule has 2 nitrogen and oxygen atoms in total. The minimum absolute atomic E-state index is 0.157. The van der Waals surface area contributed by atoms with Gasteiger partial charge in [0.2, 0.25) is 5.91 Å². The van der Waals surface area contributed by atoms with Crippen molar-refractivity contribution in [2.45, 2.75) is 25.3 Å². The summed E-state index contributed by atoms with van der Waals surface area (Å²) in [6, 6.07) is 3.81. The van der Waals surface area contributed by atoms with Crippen molar-refractivity contribution in [1.29, 1.82) is 0 Å². The molecule has 0 aromatic heterocycles. The Labute approximate surface area is 86.3 Å². The molecule has 1 saturated carbocycles.